The van der Waals surface area contributed by atoms with Crippen LogP contribution in [0.2, 0.25) is 0 Å². The number of nitrogens with zero attached hydrogens (tertiary/aromatic N) is 1. The van der Waals surface area contributed by atoms with E-state index in [1.54, 1.807) is 5.48 Å². The molecule has 1 aromatic carbocycles. The van der Waals surface area contributed by atoms with Crippen LogP contribution in [0.25, 0.3) is 0 Å². The van der Waals surface area contributed by atoms with Crippen LogP contribution in [0.15, 0.2) is 24.3 Å². The molecule has 2 atom stereocenters. The van der Waals surface area contributed by atoms with Gasteiger partial charge in [-0.05, 0) is 43.1 Å². The lowest BCUT2D eigenvalue weighted by Crippen LogP contribution is -2.58. The van der Waals surface area contributed by atoms with Gasteiger partial charge in [-0.25, -0.2) is 5.48 Å². The molecular formula is C29H46N4O4. The van der Waals surface area contributed by atoms with Crippen LogP contribution in [0.5, 0.6) is 0 Å². The molecule has 1 aliphatic carbocycles. The van der Waals surface area contributed by atoms with Gasteiger partial charge >= 0.3 is 0 Å². The van der Waals surface area contributed by atoms with E-state index in [0.717, 1.165) is 45.1 Å². The zero-order chi connectivity index (χ0) is 27.0. The number of hydroxylamine groups is 1. The van der Waals surface area contributed by atoms with Crippen LogP contribution >= 0.6 is 0 Å². The predicted octanol–water partition coefficient (Wildman–Crippen LogP) is 3.70. The average molecular weight is 515 g/mol. The first-order chi connectivity index (χ1) is 17.6. The summed E-state index contributed by atoms with van der Waals surface area (Å²) in [4.78, 5) is 40.8. The van der Waals surface area contributed by atoms with Crippen molar-refractivity contribution in [3.8, 4) is 0 Å². The van der Waals surface area contributed by atoms with Crippen molar-refractivity contribution in [2.45, 2.75) is 97.7 Å². The topological polar surface area (TPSA) is 111 Å². The molecule has 1 heterocycles. The van der Waals surface area contributed by atoms with Gasteiger partial charge in [-0.1, -0.05) is 76.3 Å². The fraction of sp³-hybridized carbons (Fsp3) is 0.690. The summed E-state index contributed by atoms with van der Waals surface area (Å²) >= 11 is 0. The maximum absolute atomic E-state index is 13.6. The number of benzene rings is 1. The Labute approximate surface area is 221 Å². The van der Waals surface area contributed by atoms with Crippen molar-refractivity contribution in [2.75, 3.05) is 13.1 Å². The number of carbonyl (C=O) groups excluding carboxylic acids is 3. The van der Waals surface area contributed by atoms with Crippen molar-refractivity contribution in [3.05, 3.63) is 35.4 Å². The van der Waals surface area contributed by atoms with Gasteiger partial charge in [-0.15, -0.1) is 0 Å². The number of aryl methyl sites for hydroxylation is 1. The van der Waals surface area contributed by atoms with E-state index in [4.69, 9.17) is 5.21 Å². The Balaban J connectivity index is 1.57. The standard InChI is InChI=1S/C29H46N4O4/c1-20-9-11-22(12-10-20)19-30-24-13-15-33(16-14-24)28(36)26(29(2,3)4)31-27(35)23(18-25(34)32-37)17-21-7-5-6-8-21/h9-12,21,23-24,26,30,37H,5-8,13-19H2,1-4H3,(H,31,35)(H,32,34)/t23-,26-/m1/s1. The molecule has 2 aliphatic rings. The van der Waals surface area contributed by atoms with Crippen LogP contribution in [-0.2, 0) is 20.9 Å². The highest BCUT2D eigenvalue weighted by atomic mass is 16.5. The fourth-order valence-electron chi connectivity index (χ4n) is 5.56. The molecule has 37 heavy (non-hydrogen) atoms. The molecule has 3 amide bonds. The molecule has 8 nitrogen and oxygen atoms in total. The fourth-order valence-corrected chi connectivity index (χ4v) is 5.56. The summed E-state index contributed by atoms with van der Waals surface area (Å²) in [5.74, 6) is -1.08. The largest absolute Gasteiger partial charge is 0.344 e. The second-order valence-electron chi connectivity index (χ2n) is 12.1. The van der Waals surface area contributed by atoms with Gasteiger partial charge in [-0.3, -0.25) is 19.6 Å². The maximum atomic E-state index is 13.6. The Bertz CT molecular complexity index is 897. The number of carbonyl (C=O) groups is 3. The van der Waals surface area contributed by atoms with Crippen LogP contribution in [0.1, 0.15) is 83.3 Å². The molecule has 2 fully saturated rings. The van der Waals surface area contributed by atoms with Gasteiger partial charge in [0.2, 0.25) is 17.7 Å². The number of amides is 3. The van der Waals surface area contributed by atoms with E-state index in [1.165, 1.54) is 11.1 Å². The number of hydrogen-bond acceptors (Lipinski definition) is 5. The SMILES string of the molecule is Cc1ccc(CNC2CCN(C(=O)[C@@H](NC(=O)[C@@H](CC(=O)NO)CC3CCCC3)C(C)(C)C)CC2)cc1. The first-order valence-electron chi connectivity index (χ1n) is 13.9. The first kappa shape index (κ1) is 29.1. The van der Waals surface area contributed by atoms with Crippen molar-refractivity contribution >= 4 is 17.7 Å². The molecule has 8 heteroatoms. The Kier molecular flexibility index (Phi) is 10.5. The predicted molar refractivity (Wildman–Crippen MR) is 144 cm³/mol. The van der Waals surface area contributed by atoms with Gasteiger partial charge in [0.25, 0.3) is 0 Å². The second-order valence-corrected chi connectivity index (χ2v) is 12.1. The van der Waals surface area contributed by atoms with Gasteiger partial charge in [-0.2, -0.15) is 0 Å². The molecule has 0 aromatic heterocycles. The molecule has 3 rings (SSSR count). The van der Waals surface area contributed by atoms with Crippen molar-refractivity contribution < 1.29 is 19.6 Å². The monoisotopic (exact) mass is 514 g/mol. The van der Waals surface area contributed by atoms with Gasteiger partial charge in [0.05, 0.1) is 0 Å². The molecule has 1 aliphatic heterocycles. The number of likely N-dealkylation sites (tertiary alicyclic amines) is 1. The van der Waals surface area contributed by atoms with Gasteiger partial charge in [0.1, 0.15) is 6.04 Å². The zero-order valence-electron chi connectivity index (χ0n) is 23.0. The number of rotatable bonds is 10. The van der Waals surface area contributed by atoms with E-state index in [9.17, 15) is 14.4 Å². The van der Waals surface area contributed by atoms with E-state index >= 15 is 0 Å². The Morgan fingerprint density at radius 3 is 2.22 bits per heavy atom. The third kappa shape index (κ3) is 8.82. The van der Waals surface area contributed by atoms with Crippen molar-refractivity contribution in [1.82, 2.24) is 21.0 Å². The molecular weight excluding hydrogens is 468 g/mol. The lowest BCUT2D eigenvalue weighted by Gasteiger charge is -2.39. The third-order valence-electron chi connectivity index (χ3n) is 7.94. The lowest BCUT2D eigenvalue weighted by molar-refractivity contribution is -0.142. The summed E-state index contributed by atoms with van der Waals surface area (Å²) in [7, 11) is 0. The van der Waals surface area contributed by atoms with Crippen LogP contribution in [0.4, 0.5) is 0 Å². The van der Waals surface area contributed by atoms with Crippen LogP contribution in [0.3, 0.4) is 0 Å². The minimum Gasteiger partial charge on any atom is -0.344 e. The summed E-state index contributed by atoms with van der Waals surface area (Å²) < 4.78 is 0. The van der Waals surface area contributed by atoms with Crippen LogP contribution in [0, 0.1) is 24.2 Å². The highest BCUT2D eigenvalue weighted by Crippen LogP contribution is 2.32. The van der Waals surface area contributed by atoms with E-state index in [0.29, 0.717) is 31.5 Å². The molecule has 1 saturated heterocycles. The molecule has 206 valence electrons. The molecule has 0 radical (unpaired) electrons. The van der Waals surface area contributed by atoms with E-state index in [1.807, 2.05) is 25.7 Å². The van der Waals surface area contributed by atoms with E-state index in [2.05, 4.69) is 41.8 Å². The van der Waals surface area contributed by atoms with Crippen molar-refractivity contribution in [1.29, 1.82) is 0 Å². The van der Waals surface area contributed by atoms with Crippen LogP contribution < -0.4 is 16.1 Å². The normalized spacial score (nSPS) is 18.9. The highest BCUT2D eigenvalue weighted by molar-refractivity contribution is 5.91. The van der Waals surface area contributed by atoms with E-state index < -0.39 is 23.3 Å². The summed E-state index contributed by atoms with van der Waals surface area (Å²) in [6.45, 7) is 10.0. The van der Waals surface area contributed by atoms with Gasteiger partial charge < -0.3 is 15.5 Å². The highest BCUT2D eigenvalue weighted by Gasteiger charge is 2.38. The summed E-state index contributed by atoms with van der Waals surface area (Å²) in [6, 6.07) is 8.19. The minimum atomic E-state index is -0.680. The Morgan fingerprint density at radius 1 is 1.03 bits per heavy atom. The minimum absolute atomic E-state index is 0.0657. The van der Waals surface area contributed by atoms with Crippen LogP contribution in [-0.4, -0.2) is 53.0 Å². The Hall–Kier alpha value is -2.45. The quantitative estimate of drug-likeness (QED) is 0.281. The summed E-state index contributed by atoms with van der Waals surface area (Å²) in [6.07, 6.45) is 6.64. The molecule has 0 bridgehead atoms. The number of hydrogen-bond donors (Lipinski definition) is 4. The molecule has 1 aromatic rings. The smallest absolute Gasteiger partial charge is 0.245 e. The zero-order valence-corrected chi connectivity index (χ0v) is 23.0. The second kappa shape index (κ2) is 13.4. The van der Waals surface area contributed by atoms with Gasteiger partial charge in [0, 0.05) is 38.0 Å². The van der Waals surface area contributed by atoms with Crippen molar-refractivity contribution in [2.24, 2.45) is 17.3 Å². The van der Waals surface area contributed by atoms with Crippen molar-refractivity contribution in [3.63, 3.8) is 0 Å². The van der Waals surface area contributed by atoms with Gasteiger partial charge in [0.15, 0.2) is 0 Å². The first-order valence-corrected chi connectivity index (χ1v) is 13.9. The molecule has 1 saturated carbocycles. The molecule has 0 unspecified atom stereocenters. The molecule has 0 spiro atoms. The number of nitrogens with one attached hydrogen (secondary N) is 3. The Morgan fingerprint density at radius 2 is 1.65 bits per heavy atom. The number of piperidine rings is 1. The summed E-state index contributed by atoms with van der Waals surface area (Å²) in [5, 5.41) is 15.7. The van der Waals surface area contributed by atoms with E-state index in [-0.39, 0.29) is 18.2 Å². The average Bonchev–Trinajstić information content (AvgIpc) is 3.38. The molecule has 4 N–H and O–H groups in total. The third-order valence-corrected chi connectivity index (χ3v) is 7.94. The summed E-state index contributed by atoms with van der Waals surface area (Å²) in [5.41, 5.74) is 3.68. The lowest BCUT2D eigenvalue weighted by atomic mass is 9.84. The maximum Gasteiger partial charge on any atom is 0.245 e.